The van der Waals surface area contributed by atoms with Gasteiger partial charge in [0.05, 0.1) is 0 Å². The van der Waals surface area contributed by atoms with Crippen molar-refractivity contribution in [3.05, 3.63) is 41.2 Å². The molecule has 0 unspecified atom stereocenters. The van der Waals surface area contributed by atoms with E-state index in [0.29, 0.717) is 0 Å². The molecular formula is C10H8ClN. The molecule has 0 radical (unpaired) electrons. The molecule has 0 N–H and O–H groups in total. The minimum atomic E-state index is 0.790. The summed E-state index contributed by atoms with van der Waals surface area (Å²) in [6.45, 7) is 1.96. The van der Waals surface area contributed by atoms with E-state index >= 15 is 0 Å². The second kappa shape index (κ2) is 2.76. The Hall–Kier alpha value is -1.08. The van der Waals surface area contributed by atoms with Crippen molar-refractivity contribution >= 4 is 22.4 Å². The zero-order chi connectivity index (χ0) is 8.55. The Labute approximate surface area is 76.0 Å². The van der Waals surface area contributed by atoms with Gasteiger partial charge in [-0.1, -0.05) is 23.7 Å². The van der Waals surface area contributed by atoms with E-state index in [1.807, 2.05) is 37.4 Å². The Morgan fingerprint density at radius 1 is 1.33 bits per heavy atom. The van der Waals surface area contributed by atoms with Crippen molar-refractivity contribution in [2.24, 2.45) is 0 Å². The van der Waals surface area contributed by atoms with Crippen LogP contribution in [0, 0.1) is 6.92 Å². The predicted molar refractivity (Wildman–Crippen MR) is 51.5 cm³/mol. The van der Waals surface area contributed by atoms with Crippen LogP contribution in [-0.4, -0.2) is 4.98 Å². The molecule has 0 saturated carbocycles. The van der Waals surface area contributed by atoms with Gasteiger partial charge in [0.25, 0.3) is 0 Å². The highest BCUT2D eigenvalue weighted by molar-refractivity contribution is 6.35. The third kappa shape index (κ3) is 1.16. The molecule has 0 fully saturated rings. The van der Waals surface area contributed by atoms with E-state index in [1.165, 1.54) is 0 Å². The summed E-state index contributed by atoms with van der Waals surface area (Å²) in [6, 6.07) is 7.83. The Balaban J connectivity index is 2.88. The SMILES string of the molecule is Cc1cc2c(Cl)cccc2cn1. The maximum absolute atomic E-state index is 6.00. The molecular weight excluding hydrogens is 170 g/mol. The summed E-state index contributed by atoms with van der Waals surface area (Å²) in [5.41, 5.74) is 0.996. The standard InChI is InChI=1S/C10H8ClN/c1-7-5-9-8(6-12-7)3-2-4-10(9)11/h2-6H,1H3. The average Bonchev–Trinajstić information content (AvgIpc) is 2.07. The summed E-state index contributed by atoms with van der Waals surface area (Å²) >= 11 is 6.00. The minimum absolute atomic E-state index is 0.790. The highest BCUT2D eigenvalue weighted by atomic mass is 35.5. The molecule has 1 nitrogen and oxygen atoms in total. The zero-order valence-electron chi connectivity index (χ0n) is 6.71. The summed E-state index contributed by atoms with van der Waals surface area (Å²) in [5, 5.41) is 2.96. The Kier molecular flexibility index (Phi) is 1.74. The maximum Gasteiger partial charge on any atom is 0.0485 e. The lowest BCUT2D eigenvalue weighted by Crippen LogP contribution is -1.81. The van der Waals surface area contributed by atoms with Crippen LogP contribution in [0.15, 0.2) is 30.5 Å². The van der Waals surface area contributed by atoms with E-state index in [1.54, 1.807) is 0 Å². The number of hydrogen-bond acceptors (Lipinski definition) is 1. The molecule has 0 aliphatic rings. The van der Waals surface area contributed by atoms with Crippen molar-refractivity contribution in [1.29, 1.82) is 0 Å². The van der Waals surface area contributed by atoms with Crippen molar-refractivity contribution < 1.29 is 0 Å². The van der Waals surface area contributed by atoms with Crippen LogP contribution < -0.4 is 0 Å². The topological polar surface area (TPSA) is 12.9 Å². The van der Waals surface area contributed by atoms with Gasteiger partial charge in [-0.25, -0.2) is 0 Å². The number of rotatable bonds is 0. The van der Waals surface area contributed by atoms with Gasteiger partial charge in [0.2, 0.25) is 0 Å². The molecule has 1 aromatic carbocycles. The summed E-state index contributed by atoms with van der Waals surface area (Å²) < 4.78 is 0. The lowest BCUT2D eigenvalue weighted by atomic mass is 10.1. The summed E-state index contributed by atoms with van der Waals surface area (Å²) in [6.07, 6.45) is 1.84. The third-order valence-electron chi connectivity index (χ3n) is 1.85. The fourth-order valence-corrected chi connectivity index (χ4v) is 1.47. The van der Waals surface area contributed by atoms with E-state index in [-0.39, 0.29) is 0 Å². The van der Waals surface area contributed by atoms with Crippen LogP contribution in [0.2, 0.25) is 5.02 Å². The Morgan fingerprint density at radius 2 is 2.17 bits per heavy atom. The Bertz CT molecular complexity index is 423. The smallest absolute Gasteiger partial charge is 0.0485 e. The van der Waals surface area contributed by atoms with Crippen molar-refractivity contribution in [2.45, 2.75) is 6.92 Å². The molecule has 0 amide bonds. The molecule has 0 aliphatic carbocycles. The second-order valence-corrected chi connectivity index (χ2v) is 3.19. The van der Waals surface area contributed by atoms with Crippen LogP contribution in [0.25, 0.3) is 10.8 Å². The molecule has 2 heteroatoms. The molecule has 2 aromatic rings. The van der Waals surface area contributed by atoms with Gasteiger partial charge < -0.3 is 0 Å². The Morgan fingerprint density at radius 3 is 3.00 bits per heavy atom. The minimum Gasteiger partial charge on any atom is -0.261 e. The monoisotopic (exact) mass is 177 g/mol. The van der Waals surface area contributed by atoms with Crippen LogP contribution in [0.5, 0.6) is 0 Å². The highest BCUT2D eigenvalue weighted by Crippen LogP contribution is 2.22. The molecule has 0 bridgehead atoms. The average molecular weight is 178 g/mol. The zero-order valence-corrected chi connectivity index (χ0v) is 7.47. The number of benzene rings is 1. The van der Waals surface area contributed by atoms with E-state index in [9.17, 15) is 0 Å². The lowest BCUT2D eigenvalue weighted by molar-refractivity contribution is 1.22. The molecule has 0 saturated heterocycles. The first kappa shape index (κ1) is 7.56. The molecule has 1 heterocycles. The van der Waals surface area contributed by atoms with Gasteiger partial charge in [-0.05, 0) is 19.1 Å². The molecule has 0 atom stereocenters. The molecule has 2 rings (SSSR count). The number of aromatic nitrogens is 1. The van der Waals surface area contributed by atoms with Crippen molar-refractivity contribution in [2.75, 3.05) is 0 Å². The quantitative estimate of drug-likeness (QED) is 0.602. The van der Waals surface area contributed by atoms with Gasteiger partial charge >= 0.3 is 0 Å². The van der Waals surface area contributed by atoms with E-state index < -0.39 is 0 Å². The molecule has 1 aromatic heterocycles. The first-order valence-electron chi connectivity index (χ1n) is 3.78. The normalized spacial score (nSPS) is 10.5. The van der Waals surface area contributed by atoms with E-state index in [0.717, 1.165) is 21.5 Å². The summed E-state index contributed by atoms with van der Waals surface area (Å²) in [5.74, 6) is 0. The molecule has 12 heavy (non-hydrogen) atoms. The van der Waals surface area contributed by atoms with Crippen molar-refractivity contribution in [3.8, 4) is 0 Å². The fraction of sp³-hybridized carbons (Fsp3) is 0.100. The van der Waals surface area contributed by atoms with Crippen LogP contribution in [0.4, 0.5) is 0 Å². The number of pyridine rings is 1. The predicted octanol–water partition coefficient (Wildman–Crippen LogP) is 3.20. The molecule has 0 spiro atoms. The van der Waals surface area contributed by atoms with Gasteiger partial charge in [-0.15, -0.1) is 0 Å². The van der Waals surface area contributed by atoms with E-state index in [4.69, 9.17) is 11.6 Å². The van der Waals surface area contributed by atoms with Gasteiger partial charge in [-0.3, -0.25) is 4.98 Å². The fourth-order valence-electron chi connectivity index (χ4n) is 1.24. The van der Waals surface area contributed by atoms with Gasteiger partial charge in [-0.2, -0.15) is 0 Å². The van der Waals surface area contributed by atoms with Crippen molar-refractivity contribution in [3.63, 3.8) is 0 Å². The van der Waals surface area contributed by atoms with Crippen LogP contribution in [0.1, 0.15) is 5.69 Å². The number of nitrogens with zero attached hydrogens (tertiary/aromatic N) is 1. The third-order valence-corrected chi connectivity index (χ3v) is 2.18. The maximum atomic E-state index is 6.00. The lowest BCUT2D eigenvalue weighted by Gasteiger charge is -1.99. The first-order chi connectivity index (χ1) is 5.77. The second-order valence-electron chi connectivity index (χ2n) is 2.79. The largest absolute Gasteiger partial charge is 0.261 e. The molecule has 60 valence electrons. The molecule has 0 aliphatic heterocycles. The number of aryl methyl sites for hydroxylation is 1. The van der Waals surface area contributed by atoms with E-state index in [2.05, 4.69) is 4.98 Å². The summed E-state index contributed by atoms with van der Waals surface area (Å²) in [7, 11) is 0. The van der Waals surface area contributed by atoms with Gasteiger partial charge in [0, 0.05) is 27.7 Å². The van der Waals surface area contributed by atoms with Crippen LogP contribution >= 0.6 is 11.6 Å². The van der Waals surface area contributed by atoms with Crippen LogP contribution in [0.3, 0.4) is 0 Å². The number of fused-ring (bicyclic) bond motifs is 1. The van der Waals surface area contributed by atoms with Crippen LogP contribution in [-0.2, 0) is 0 Å². The van der Waals surface area contributed by atoms with Crippen molar-refractivity contribution in [1.82, 2.24) is 4.98 Å². The first-order valence-corrected chi connectivity index (χ1v) is 4.16. The van der Waals surface area contributed by atoms with Gasteiger partial charge in [0.15, 0.2) is 0 Å². The number of hydrogen-bond donors (Lipinski definition) is 0. The number of halogens is 1. The summed E-state index contributed by atoms with van der Waals surface area (Å²) in [4.78, 5) is 4.19. The highest BCUT2D eigenvalue weighted by Gasteiger charge is 1.97. The van der Waals surface area contributed by atoms with Gasteiger partial charge in [0.1, 0.15) is 0 Å².